The number of aryl methyl sites for hydroxylation is 1. The molecule has 1 aromatic heterocycles. The number of rotatable bonds is 3. The first kappa shape index (κ1) is 10.9. The van der Waals surface area contributed by atoms with Crippen molar-refractivity contribution in [2.24, 2.45) is 5.92 Å². The first-order chi connectivity index (χ1) is 7.56. The topological polar surface area (TPSA) is 62.2 Å². The van der Waals surface area contributed by atoms with Crippen molar-refractivity contribution < 1.29 is 9.90 Å². The van der Waals surface area contributed by atoms with E-state index in [9.17, 15) is 4.79 Å². The van der Waals surface area contributed by atoms with Gasteiger partial charge in [-0.3, -0.25) is 0 Å². The van der Waals surface area contributed by atoms with Gasteiger partial charge in [-0.2, -0.15) is 0 Å². The van der Waals surface area contributed by atoms with Crippen molar-refractivity contribution in [3.05, 3.63) is 23.4 Å². The van der Waals surface area contributed by atoms with Crippen LogP contribution >= 0.6 is 0 Å². The molecule has 2 rings (SSSR count). The number of nitrogens with zero attached hydrogens (tertiary/aromatic N) is 1. The van der Waals surface area contributed by atoms with Gasteiger partial charge in [-0.05, 0) is 37.8 Å². The van der Waals surface area contributed by atoms with Crippen LogP contribution < -0.4 is 5.32 Å². The molecule has 0 aromatic carbocycles. The Morgan fingerprint density at radius 1 is 1.50 bits per heavy atom. The summed E-state index contributed by atoms with van der Waals surface area (Å²) in [6, 6.07) is 3.84. The molecule has 0 radical (unpaired) electrons. The second-order valence-corrected chi connectivity index (χ2v) is 4.55. The van der Waals surface area contributed by atoms with Gasteiger partial charge in [0.25, 0.3) is 0 Å². The second-order valence-electron chi connectivity index (χ2n) is 4.55. The maximum Gasteiger partial charge on any atom is 0.337 e. The SMILES string of the molecule is Cc1nc(NC2CC(C)C2)ccc1C(=O)O. The molecule has 0 unspecified atom stereocenters. The molecule has 16 heavy (non-hydrogen) atoms. The van der Waals surface area contributed by atoms with Crippen molar-refractivity contribution in [2.75, 3.05) is 5.32 Å². The monoisotopic (exact) mass is 220 g/mol. The van der Waals surface area contributed by atoms with E-state index in [-0.39, 0.29) is 5.56 Å². The van der Waals surface area contributed by atoms with Crippen LogP contribution in [0.4, 0.5) is 5.82 Å². The zero-order valence-corrected chi connectivity index (χ0v) is 9.53. The lowest BCUT2D eigenvalue weighted by Crippen LogP contribution is -2.34. The van der Waals surface area contributed by atoms with Gasteiger partial charge in [0.2, 0.25) is 0 Å². The van der Waals surface area contributed by atoms with Gasteiger partial charge in [-0.25, -0.2) is 9.78 Å². The molecule has 0 amide bonds. The molecule has 86 valence electrons. The molecule has 1 aliphatic carbocycles. The first-order valence-corrected chi connectivity index (χ1v) is 5.53. The van der Waals surface area contributed by atoms with E-state index in [4.69, 9.17) is 5.11 Å². The van der Waals surface area contributed by atoms with Crippen LogP contribution in [0, 0.1) is 12.8 Å². The van der Waals surface area contributed by atoms with Gasteiger partial charge in [0.1, 0.15) is 5.82 Å². The molecule has 0 atom stereocenters. The maximum atomic E-state index is 10.8. The molecule has 0 spiro atoms. The van der Waals surface area contributed by atoms with E-state index in [2.05, 4.69) is 17.2 Å². The number of hydrogen-bond acceptors (Lipinski definition) is 3. The second kappa shape index (κ2) is 4.12. The fourth-order valence-corrected chi connectivity index (χ4v) is 2.10. The Morgan fingerprint density at radius 2 is 2.19 bits per heavy atom. The molecule has 1 aromatic rings. The van der Waals surface area contributed by atoms with Crippen molar-refractivity contribution in [3.63, 3.8) is 0 Å². The highest BCUT2D eigenvalue weighted by atomic mass is 16.4. The highest BCUT2D eigenvalue weighted by Gasteiger charge is 2.25. The number of hydrogen-bond donors (Lipinski definition) is 2. The summed E-state index contributed by atoms with van der Waals surface area (Å²) in [5.41, 5.74) is 0.831. The summed E-state index contributed by atoms with van der Waals surface area (Å²) < 4.78 is 0. The Hall–Kier alpha value is -1.58. The minimum Gasteiger partial charge on any atom is -0.478 e. The van der Waals surface area contributed by atoms with Gasteiger partial charge in [-0.15, -0.1) is 0 Å². The average molecular weight is 220 g/mol. The molecule has 0 bridgehead atoms. The summed E-state index contributed by atoms with van der Waals surface area (Å²) in [5, 5.41) is 12.2. The van der Waals surface area contributed by atoms with Crippen LogP contribution in [-0.2, 0) is 0 Å². The third-order valence-corrected chi connectivity index (χ3v) is 3.04. The fraction of sp³-hybridized carbons (Fsp3) is 0.500. The minimum absolute atomic E-state index is 0.271. The van der Waals surface area contributed by atoms with Crippen LogP contribution in [0.25, 0.3) is 0 Å². The maximum absolute atomic E-state index is 10.8. The summed E-state index contributed by atoms with van der Waals surface area (Å²) in [6.45, 7) is 3.95. The van der Waals surface area contributed by atoms with Crippen LogP contribution in [0.1, 0.15) is 35.8 Å². The fourth-order valence-electron chi connectivity index (χ4n) is 2.10. The van der Waals surface area contributed by atoms with Gasteiger partial charge in [0.05, 0.1) is 11.3 Å². The van der Waals surface area contributed by atoms with Crippen LogP contribution in [-0.4, -0.2) is 22.1 Å². The molecule has 4 nitrogen and oxygen atoms in total. The largest absolute Gasteiger partial charge is 0.478 e. The Kier molecular flexibility index (Phi) is 2.81. The average Bonchev–Trinajstić information content (AvgIpc) is 2.15. The molecule has 1 aliphatic rings. The third kappa shape index (κ3) is 2.15. The summed E-state index contributed by atoms with van der Waals surface area (Å²) in [6.07, 6.45) is 2.34. The van der Waals surface area contributed by atoms with Gasteiger partial charge < -0.3 is 10.4 Å². The van der Waals surface area contributed by atoms with E-state index in [1.54, 1.807) is 19.1 Å². The van der Waals surface area contributed by atoms with E-state index < -0.39 is 5.97 Å². The number of aromatic nitrogens is 1. The summed E-state index contributed by atoms with van der Waals surface area (Å²) in [5.74, 6) is 0.644. The van der Waals surface area contributed by atoms with E-state index in [0.717, 1.165) is 11.7 Å². The van der Waals surface area contributed by atoms with Gasteiger partial charge in [0.15, 0.2) is 0 Å². The molecular weight excluding hydrogens is 204 g/mol. The van der Waals surface area contributed by atoms with Gasteiger partial charge >= 0.3 is 5.97 Å². The zero-order chi connectivity index (χ0) is 11.7. The highest BCUT2D eigenvalue weighted by Crippen LogP contribution is 2.29. The number of nitrogens with one attached hydrogen (secondary N) is 1. The number of anilines is 1. The van der Waals surface area contributed by atoms with Crippen molar-refractivity contribution in [2.45, 2.75) is 32.7 Å². The van der Waals surface area contributed by atoms with E-state index >= 15 is 0 Å². The van der Waals surface area contributed by atoms with Crippen LogP contribution in [0.5, 0.6) is 0 Å². The predicted molar refractivity (Wildman–Crippen MR) is 61.7 cm³/mol. The standard InChI is InChI=1S/C12H16N2O2/c1-7-5-9(6-7)14-11-4-3-10(12(15)16)8(2)13-11/h3-4,7,9H,5-6H2,1-2H3,(H,13,14)(H,15,16). The molecule has 0 aliphatic heterocycles. The Bertz CT molecular complexity index is 411. The van der Waals surface area contributed by atoms with Crippen LogP contribution in [0.2, 0.25) is 0 Å². The van der Waals surface area contributed by atoms with Gasteiger partial charge in [0, 0.05) is 6.04 Å². The number of carboxylic acid groups (broad SMARTS) is 1. The highest BCUT2D eigenvalue weighted by molar-refractivity contribution is 5.89. The summed E-state index contributed by atoms with van der Waals surface area (Å²) >= 11 is 0. The minimum atomic E-state index is -0.922. The number of pyridine rings is 1. The van der Waals surface area contributed by atoms with Crippen molar-refractivity contribution >= 4 is 11.8 Å². The Morgan fingerprint density at radius 3 is 2.69 bits per heavy atom. The lowest BCUT2D eigenvalue weighted by Gasteiger charge is -2.33. The van der Waals surface area contributed by atoms with Crippen LogP contribution in [0.3, 0.4) is 0 Å². The lowest BCUT2D eigenvalue weighted by molar-refractivity contribution is 0.0695. The van der Waals surface area contributed by atoms with Crippen LogP contribution in [0.15, 0.2) is 12.1 Å². The van der Waals surface area contributed by atoms with Crippen molar-refractivity contribution in [3.8, 4) is 0 Å². The molecule has 2 N–H and O–H groups in total. The normalized spacial score (nSPS) is 23.6. The Labute approximate surface area is 94.7 Å². The summed E-state index contributed by atoms with van der Waals surface area (Å²) in [7, 11) is 0. The van der Waals surface area contributed by atoms with E-state index in [1.165, 1.54) is 12.8 Å². The third-order valence-electron chi connectivity index (χ3n) is 3.04. The van der Waals surface area contributed by atoms with E-state index in [0.29, 0.717) is 11.7 Å². The summed E-state index contributed by atoms with van der Waals surface area (Å²) in [4.78, 5) is 15.1. The quantitative estimate of drug-likeness (QED) is 0.820. The molecule has 0 saturated heterocycles. The Balaban J connectivity index is 2.06. The molecule has 1 saturated carbocycles. The molecule has 4 heteroatoms. The number of carbonyl (C=O) groups is 1. The first-order valence-electron chi connectivity index (χ1n) is 5.53. The lowest BCUT2D eigenvalue weighted by atomic mass is 9.82. The molecule has 1 fully saturated rings. The smallest absolute Gasteiger partial charge is 0.337 e. The van der Waals surface area contributed by atoms with Gasteiger partial charge in [-0.1, -0.05) is 6.92 Å². The number of carboxylic acids is 1. The van der Waals surface area contributed by atoms with E-state index in [1.807, 2.05) is 0 Å². The van der Waals surface area contributed by atoms with Crippen molar-refractivity contribution in [1.82, 2.24) is 4.98 Å². The number of aromatic carboxylic acids is 1. The zero-order valence-electron chi connectivity index (χ0n) is 9.53. The molecular formula is C12H16N2O2. The van der Waals surface area contributed by atoms with Crippen molar-refractivity contribution in [1.29, 1.82) is 0 Å². The molecule has 1 heterocycles. The predicted octanol–water partition coefficient (Wildman–Crippen LogP) is 2.30.